The third kappa shape index (κ3) is 7.94. The fourth-order valence-corrected chi connectivity index (χ4v) is 2.68. The van der Waals surface area contributed by atoms with Gasteiger partial charge in [-0.25, -0.2) is 0 Å². The molecular weight excluding hydrogens is 349 g/mol. The number of carbonyl (C=O) groups excluding carboxylic acids is 1. The Bertz CT molecular complexity index is 536. The van der Waals surface area contributed by atoms with E-state index in [2.05, 4.69) is 10.6 Å². The highest BCUT2D eigenvalue weighted by molar-refractivity contribution is 7.99. The first-order valence-electron chi connectivity index (χ1n) is 7.14. The van der Waals surface area contributed by atoms with Crippen LogP contribution in [0.3, 0.4) is 0 Å². The summed E-state index contributed by atoms with van der Waals surface area (Å²) in [6.45, 7) is 2.82. The Morgan fingerprint density at radius 1 is 1.35 bits per heavy atom. The first-order valence-corrected chi connectivity index (χ1v) is 8.13. The van der Waals surface area contributed by atoms with E-state index in [9.17, 15) is 18.0 Å². The molecule has 1 aliphatic rings. The molecule has 1 aromatic carbocycles. The van der Waals surface area contributed by atoms with Crippen LogP contribution in [-0.2, 0) is 4.79 Å². The summed E-state index contributed by atoms with van der Waals surface area (Å²) in [5, 5.41) is 5.75. The molecule has 130 valence electrons. The Labute approximate surface area is 144 Å². The number of benzene rings is 1. The highest BCUT2D eigenvalue weighted by Crippen LogP contribution is 2.33. The van der Waals surface area contributed by atoms with Crippen LogP contribution in [-0.4, -0.2) is 30.9 Å². The molecule has 0 atom stereocenters. The predicted molar refractivity (Wildman–Crippen MR) is 89.4 cm³/mol. The maximum Gasteiger partial charge on any atom is 0.398 e. The highest BCUT2D eigenvalue weighted by Gasteiger charge is 2.28. The molecule has 1 fully saturated rings. The van der Waals surface area contributed by atoms with Gasteiger partial charge in [-0.3, -0.25) is 4.79 Å². The Morgan fingerprint density at radius 3 is 2.65 bits per heavy atom. The Kier molecular flexibility index (Phi) is 7.70. The molecule has 8 heteroatoms. The van der Waals surface area contributed by atoms with Gasteiger partial charge in [0.1, 0.15) is 0 Å². The van der Waals surface area contributed by atoms with Crippen LogP contribution in [0.5, 0.6) is 0 Å². The molecule has 0 radical (unpaired) electrons. The van der Waals surface area contributed by atoms with Gasteiger partial charge in [0.25, 0.3) is 0 Å². The molecule has 23 heavy (non-hydrogen) atoms. The Hall–Kier alpha value is -0.920. The number of rotatable bonds is 7. The van der Waals surface area contributed by atoms with Gasteiger partial charge in [-0.05, 0) is 49.9 Å². The van der Waals surface area contributed by atoms with E-state index < -0.39 is 11.9 Å². The van der Waals surface area contributed by atoms with Crippen molar-refractivity contribution in [2.75, 3.05) is 24.2 Å². The number of thioether (sulfide) groups is 1. The average Bonchev–Trinajstić information content (AvgIpc) is 3.21. The number of nitrogens with one attached hydrogen (secondary N) is 2. The van der Waals surface area contributed by atoms with Gasteiger partial charge in [-0.1, -0.05) is 6.07 Å². The fourth-order valence-electron chi connectivity index (χ4n) is 1.93. The van der Waals surface area contributed by atoms with E-state index in [0.29, 0.717) is 28.3 Å². The molecule has 1 saturated carbocycles. The lowest BCUT2D eigenvalue weighted by atomic mass is 10.2. The van der Waals surface area contributed by atoms with Crippen LogP contribution in [0.4, 0.5) is 18.9 Å². The summed E-state index contributed by atoms with van der Waals surface area (Å²) >= 11 is 0.683. The van der Waals surface area contributed by atoms with Crippen molar-refractivity contribution in [1.29, 1.82) is 0 Å². The monoisotopic (exact) mass is 368 g/mol. The van der Waals surface area contributed by atoms with Crippen LogP contribution in [0.2, 0.25) is 0 Å². The van der Waals surface area contributed by atoms with E-state index in [1.807, 2.05) is 6.92 Å². The topological polar surface area (TPSA) is 41.1 Å². The van der Waals surface area contributed by atoms with Crippen molar-refractivity contribution in [1.82, 2.24) is 5.32 Å². The molecule has 0 saturated heterocycles. The minimum atomic E-state index is -4.23. The number of amides is 1. The maximum absolute atomic E-state index is 12.3. The second kappa shape index (κ2) is 8.80. The van der Waals surface area contributed by atoms with E-state index in [1.54, 1.807) is 18.2 Å². The molecule has 1 aliphatic carbocycles. The summed E-state index contributed by atoms with van der Waals surface area (Å²) < 4.78 is 37.0. The molecule has 1 amide bonds. The minimum absolute atomic E-state index is 0. The third-order valence-electron chi connectivity index (χ3n) is 3.22. The summed E-state index contributed by atoms with van der Waals surface area (Å²) in [5.74, 6) is -0.538. The van der Waals surface area contributed by atoms with E-state index >= 15 is 0 Å². The summed E-state index contributed by atoms with van der Waals surface area (Å²) in [5.41, 5.74) is 1.32. The summed E-state index contributed by atoms with van der Waals surface area (Å²) in [6.07, 6.45) is -1.84. The van der Waals surface area contributed by atoms with Crippen molar-refractivity contribution in [2.45, 2.75) is 30.8 Å². The second-order valence-corrected chi connectivity index (χ2v) is 6.54. The Balaban J connectivity index is 0.00000264. The average molecular weight is 369 g/mol. The largest absolute Gasteiger partial charge is 0.398 e. The van der Waals surface area contributed by atoms with Crippen molar-refractivity contribution >= 4 is 35.8 Å². The number of alkyl halides is 3. The number of hydrogen-bond acceptors (Lipinski definition) is 3. The van der Waals surface area contributed by atoms with Gasteiger partial charge in [0.2, 0.25) is 5.91 Å². The zero-order valence-electron chi connectivity index (χ0n) is 12.7. The highest BCUT2D eigenvalue weighted by atomic mass is 35.5. The van der Waals surface area contributed by atoms with Gasteiger partial charge in [0.05, 0.1) is 18.0 Å². The lowest BCUT2D eigenvalue weighted by Crippen LogP contribution is -2.29. The van der Waals surface area contributed by atoms with Crippen LogP contribution < -0.4 is 10.6 Å². The molecular formula is C15H20ClF3N2OS. The molecule has 2 rings (SSSR count). The first-order chi connectivity index (χ1) is 10.3. The molecule has 0 aromatic heterocycles. The number of aryl methyl sites for hydroxylation is 1. The smallest absolute Gasteiger partial charge is 0.324 e. The number of halogens is 4. The molecule has 0 heterocycles. The summed E-state index contributed by atoms with van der Waals surface area (Å²) in [7, 11) is 0. The first kappa shape index (κ1) is 20.1. The quantitative estimate of drug-likeness (QED) is 0.714. The summed E-state index contributed by atoms with van der Waals surface area (Å²) in [6, 6.07) is 5.04. The maximum atomic E-state index is 12.3. The fraction of sp³-hybridized carbons (Fsp3) is 0.533. The van der Waals surface area contributed by atoms with Gasteiger partial charge in [0, 0.05) is 4.90 Å². The van der Waals surface area contributed by atoms with Crippen LogP contribution in [0, 0.1) is 12.8 Å². The normalized spacial score (nSPS) is 14.3. The zero-order valence-corrected chi connectivity index (χ0v) is 14.3. The molecule has 1 aromatic rings. The molecule has 0 unspecified atom stereocenters. The second-order valence-electron chi connectivity index (χ2n) is 5.53. The van der Waals surface area contributed by atoms with Gasteiger partial charge in [-0.2, -0.15) is 13.2 Å². The van der Waals surface area contributed by atoms with Crippen LogP contribution >= 0.6 is 24.2 Å². The number of carbonyl (C=O) groups is 1. The molecule has 2 N–H and O–H groups in total. The predicted octanol–water partition coefficient (Wildman–Crippen LogP) is 4.01. The van der Waals surface area contributed by atoms with Crippen molar-refractivity contribution in [3.05, 3.63) is 23.8 Å². The van der Waals surface area contributed by atoms with E-state index in [0.717, 1.165) is 12.1 Å². The van der Waals surface area contributed by atoms with E-state index in [1.165, 1.54) is 12.8 Å². The number of hydrogen-bond donors (Lipinski definition) is 2. The van der Waals surface area contributed by atoms with E-state index in [4.69, 9.17) is 0 Å². The Morgan fingerprint density at radius 2 is 2.04 bits per heavy atom. The van der Waals surface area contributed by atoms with Gasteiger partial charge >= 0.3 is 6.18 Å². The summed E-state index contributed by atoms with van der Waals surface area (Å²) in [4.78, 5) is 12.3. The molecule has 0 bridgehead atoms. The molecule has 0 spiro atoms. The van der Waals surface area contributed by atoms with Gasteiger partial charge < -0.3 is 10.6 Å². The zero-order chi connectivity index (χ0) is 16.2. The molecule has 0 aliphatic heterocycles. The van der Waals surface area contributed by atoms with Crippen LogP contribution in [0.25, 0.3) is 0 Å². The van der Waals surface area contributed by atoms with Crippen molar-refractivity contribution < 1.29 is 18.0 Å². The van der Waals surface area contributed by atoms with Crippen molar-refractivity contribution in [3.63, 3.8) is 0 Å². The van der Waals surface area contributed by atoms with Crippen LogP contribution in [0.1, 0.15) is 18.4 Å². The van der Waals surface area contributed by atoms with Crippen molar-refractivity contribution in [3.8, 4) is 0 Å². The van der Waals surface area contributed by atoms with E-state index in [-0.39, 0.29) is 24.9 Å². The van der Waals surface area contributed by atoms with Crippen molar-refractivity contribution in [2.24, 2.45) is 5.92 Å². The SMILES string of the molecule is Cc1ccc(SCC(F)(F)F)c(NC(=O)CNCC2CC2)c1.Cl. The number of anilines is 1. The lowest BCUT2D eigenvalue weighted by Gasteiger charge is -2.13. The van der Waals surface area contributed by atoms with Gasteiger partial charge in [-0.15, -0.1) is 24.2 Å². The standard InChI is InChI=1S/C15H19F3N2OS.ClH/c1-10-2-5-13(22-9-15(16,17)18)12(6-10)20-14(21)8-19-7-11-3-4-11;/h2,5-6,11,19H,3-4,7-9H2,1H3,(H,20,21);1H. The van der Waals surface area contributed by atoms with Gasteiger partial charge in [0.15, 0.2) is 0 Å². The minimum Gasteiger partial charge on any atom is -0.324 e. The molecule has 3 nitrogen and oxygen atoms in total. The van der Waals surface area contributed by atoms with Crippen LogP contribution in [0.15, 0.2) is 23.1 Å². The third-order valence-corrected chi connectivity index (χ3v) is 4.35. The lowest BCUT2D eigenvalue weighted by molar-refractivity contribution is -0.115.